The Bertz CT molecular complexity index is 439. The van der Waals surface area contributed by atoms with Gasteiger partial charge in [0.25, 0.3) is 5.19 Å². The highest BCUT2D eigenvalue weighted by molar-refractivity contribution is 7.17. The van der Waals surface area contributed by atoms with Gasteiger partial charge in [0.15, 0.2) is 10.8 Å². The molecule has 2 heterocycles. The zero-order valence-electron chi connectivity index (χ0n) is 9.50. The van der Waals surface area contributed by atoms with Crippen LogP contribution >= 0.6 is 11.3 Å². The molecule has 1 atom stereocenters. The molecule has 7 heteroatoms. The standard InChI is InChI=1S/C10H12N2O4S/c1-10(2)15-5-7(16-10)4-14-9-11-3-8(17-9)12-6-13/h3,7H,4-5H2,1-2H3. The Morgan fingerprint density at radius 3 is 3.24 bits per heavy atom. The second kappa shape index (κ2) is 4.93. The van der Waals surface area contributed by atoms with Gasteiger partial charge in [-0.1, -0.05) is 11.3 Å². The smallest absolute Gasteiger partial charge is 0.275 e. The van der Waals surface area contributed by atoms with Gasteiger partial charge in [-0.3, -0.25) is 0 Å². The number of aliphatic imine (C=N–C) groups is 1. The first-order chi connectivity index (χ1) is 8.09. The van der Waals surface area contributed by atoms with E-state index in [4.69, 9.17) is 14.2 Å². The molecule has 0 N–H and O–H groups in total. The van der Waals surface area contributed by atoms with Crippen molar-refractivity contribution in [3.8, 4) is 5.19 Å². The van der Waals surface area contributed by atoms with Crippen molar-refractivity contribution in [3.63, 3.8) is 0 Å². The van der Waals surface area contributed by atoms with Gasteiger partial charge in [-0.05, 0) is 13.8 Å². The Morgan fingerprint density at radius 1 is 1.76 bits per heavy atom. The van der Waals surface area contributed by atoms with Crippen LogP contribution in [0.2, 0.25) is 0 Å². The van der Waals surface area contributed by atoms with Crippen LogP contribution in [-0.2, 0) is 14.3 Å². The fraction of sp³-hybridized carbons (Fsp3) is 0.600. The van der Waals surface area contributed by atoms with Crippen LogP contribution in [0.4, 0.5) is 5.00 Å². The second-order valence-electron chi connectivity index (χ2n) is 3.93. The molecule has 0 radical (unpaired) electrons. The summed E-state index contributed by atoms with van der Waals surface area (Å²) in [7, 11) is 0. The van der Waals surface area contributed by atoms with Crippen LogP contribution in [0.5, 0.6) is 5.19 Å². The lowest BCUT2D eigenvalue weighted by Crippen LogP contribution is -2.25. The summed E-state index contributed by atoms with van der Waals surface area (Å²) in [6.07, 6.45) is 2.80. The van der Waals surface area contributed by atoms with E-state index < -0.39 is 5.79 Å². The number of hydrogen-bond donors (Lipinski definition) is 0. The van der Waals surface area contributed by atoms with Gasteiger partial charge in [-0.25, -0.2) is 9.78 Å². The van der Waals surface area contributed by atoms with Crippen molar-refractivity contribution >= 4 is 22.4 Å². The minimum absolute atomic E-state index is 0.105. The summed E-state index contributed by atoms with van der Waals surface area (Å²) in [5.41, 5.74) is 0. The SMILES string of the molecule is CC1(C)OCC(COc2ncc(N=C=O)s2)O1. The van der Waals surface area contributed by atoms with Crippen LogP contribution in [-0.4, -0.2) is 36.2 Å². The van der Waals surface area contributed by atoms with Crippen LogP contribution in [0.15, 0.2) is 11.2 Å². The molecular formula is C10H12N2O4S. The lowest BCUT2D eigenvalue weighted by atomic mass is 10.4. The van der Waals surface area contributed by atoms with E-state index in [0.29, 0.717) is 23.4 Å². The predicted octanol–water partition coefficient (Wildman–Crippen LogP) is 1.64. The molecular weight excluding hydrogens is 244 g/mol. The zero-order valence-corrected chi connectivity index (χ0v) is 10.3. The molecule has 0 saturated carbocycles. The summed E-state index contributed by atoms with van der Waals surface area (Å²) in [6.45, 7) is 4.57. The first-order valence-electron chi connectivity index (χ1n) is 5.07. The first-order valence-corrected chi connectivity index (χ1v) is 5.89. The van der Waals surface area contributed by atoms with Crippen LogP contribution in [0, 0.1) is 0 Å². The van der Waals surface area contributed by atoms with Crippen LogP contribution in [0.3, 0.4) is 0 Å². The third-order valence-corrected chi connectivity index (χ3v) is 2.89. The molecule has 1 unspecified atom stereocenters. The van der Waals surface area contributed by atoms with E-state index in [9.17, 15) is 4.79 Å². The summed E-state index contributed by atoms with van der Waals surface area (Å²) in [5, 5.41) is 0.922. The Morgan fingerprint density at radius 2 is 2.59 bits per heavy atom. The normalized spacial score (nSPS) is 22.1. The highest BCUT2D eigenvalue weighted by Crippen LogP contribution is 2.28. The molecule has 1 fully saturated rings. The molecule has 0 amide bonds. The number of aromatic nitrogens is 1. The molecule has 2 rings (SSSR count). The first kappa shape index (κ1) is 12.2. The Kier molecular flexibility index (Phi) is 3.54. The topological polar surface area (TPSA) is 70.0 Å². The number of rotatable bonds is 4. The van der Waals surface area contributed by atoms with Crippen molar-refractivity contribution in [2.24, 2.45) is 4.99 Å². The van der Waals surface area contributed by atoms with Gasteiger partial charge in [-0.2, -0.15) is 4.99 Å². The molecule has 17 heavy (non-hydrogen) atoms. The molecule has 0 aromatic carbocycles. The monoisotopic (exact) mass is 256 g/mol. The molecule has 1 aliphatic heterocycles. The maximum Gasteiger partial charge on any atom is 0.275 e. The van der Waals surface area contributed by atoms with Crippen LogP contribution < -0.4 is 4.74 Å². The van der Waals surface area contributed by atoms with Gasteiger partial charge in [-0.15, -0.1) is 0 Å². The predicted molar refractivity (Wildman–Crippen MR) is 60.3 cm³/mol. The van der Waals surface area contributed by atoms with Gasteiger partial charge in [0, 0.05) is 0 Å². The quantitative estimate of drug-likeness (QED) is 0.605. The Balaban J connectivity index is 1.84. The van der Waals surface area contributed by atoms with Crippen LogP contribution in [0.1, 0.15) is 13.8 Å². The average molecular weight is 256 g/mol. The van der Waals surface area contributed by atoms with E-state index in [-0.39, 0.29) is 6.10 Å². The summed E-state index contributed by atoms with van der Waals surface area (Å²) in [6, 6.07) is 0. The molecule has 1 saturated heterocycles. The Hall–Kier alpha value is -1.27. The van der Waals surface area contributed by atoms with Crippen molar-refractivity contribution in [3.05, 3.63) is 6.20 Å². The zero-order chi connectivity index (χ0) is 12.3. The van der Waals surface area contributed by atoms with Gasteiger partial charge < -0.3 is 14.2 Å². The van der Waals surface area contributed by atoms with Crippen molar-refractivity contribution in [2.75, 3.05) is 13.2 Å². The molecule has 92 valence electrons. The van der Waals surface area contributed by atoms with E-state index in [1.807, 2.05) is 13.8 Å². The van der Waals surface area contributed by atoms with E-state index in [0.717, 1.165) is 0 Å². The maximum absolute atomic E-state index is 10.0. The highest BCUT2D eigenvalue weighted by atomic mass is 32.1. The largest absolute Gasteiger partial charge is 0.467 e. The molecule has 1 aromatic heterocycles. The highest BCUT2D eigenvalue weighted by Gasteiger charge is 2.33. The van der Waals surface area contributed by atoms with Gasteiger partial charge in [0.05, 0.1) is 12.8 Å². The van der Waals surface area contributed by atoms with E-state index in [1.165, 1.54) is 23.6 Å². The fourth-order valence-electron chi connectivity index (χ4n) is 1.42. The number of carbonyl (C=O) groups excluding carboxylic acids is 1. The molecule has 1 aromatic rings. The molecule has 6 nitrogen and oxygen atoms in total. The Labute approximate surface area is 102 Å². The number of isocyanates is 1. The number of nitrogens with zero attached hydrogens (tertiary/aromatic N) is 2. The molecule has 0 aliphatic carbocycles. The summed E-state index contributed by atoms with van der Waals surface area (Å²) >= 11 is 1.18. The average Bonchev–Trinajstić information content (AvgIpc) is 2.83. The van der Waals surface area contributed by atoms with Crippen molar-refractivity contribution in [1.82, 2.24) is 4.98 Å². The maximum atomic E-state index is 10.0. The second-order valence-corrected chi connectivity index (χ2v) is 4.90. The van der Waals surface area contributed by atoms with Gasteiger partial charge in [0.2, 0.25) is 6.08 Å². The van der Waals surface area contributed by atoms with Gasteiger partial charge >= 0.3 is 0 Å². The molecule has 1 aliphatic rings. The lowest BCUT2D eigenvalue weighted by Gasteiger charge is -2.16. The fourth-order valence-corrected chi connectivity index (χ4v) is 2.02. The lowest BCUT2D eigenvalue weighted by molar-refractivity contribution is -0.141. The minimum atomic E-state index is -0.552. The van der Waals surface area contributed by atoms with Gasteiger partial charge in [0.1, 0.15) is 12.7 Å². The summed E-state index contributed by atoms with van der Waals surface area (Å²) < 4.78 is 16.4. The minimum Gasteiger partial charge on any atom is -0.467 e. The number of hydrogen-bond acceptors (Lipinski definition) is 7. The third-order valence-electron chi connectivity index (χ3n) is 2.09. The van der Waals surface area contributed by atoms with Crippen LogP contribution in [0.25, 0.3) is 0 Å². The van der Waals surface area contributed by atoms with Crippen molar-refractivity contribution in [1.29, 1.82) is 0 Å². The number of thiazole rings is 1. The number of ether oxygens (including phenoxy) is 3. The summed E-state index contributed by atoms with van der Waals surface area (Å²) in [4.78, 5) is 17.4. The molecule has 0 spiro atoms. The van der Waals surface area contributed by atoms with Crippen molar-refractivity contribution in [2.45, 2.75) is 25.7 Å². The third kappa shape index (κ3) is 3.34. The molecule has 0 bridgehead atoms. The van der Waals surface area contributed by atoms with E-state index in [1.54, 1.807) is 0 Å². The van der Waals surface area contributed by atoms with E-state index in [2.05, 4.69) is 9.98 Å². The van der Waals surface area contributed by atoms with E-state index >= 15 is 0 Å². The van der Waals surface area contributed by atoms with Crippen molar-refractivity contribution < 1.29 is 19.0 Å². The summed E-state index contributed by atoms with van der Waals surface area (Å²) in [5.74, 6) is -0.552.